The van der Waals surface area contributed by atoms with E-state index in [1.807, 2.05) is 6.08 Å². The molecule has 0 atom stereocenters. The number of ether oxygens (including phenoxy) is 1. The molecule has 4 nitrogen and oxygen atoms in total. The first kappa shape index (κ1) is 20.9. The summed E-state index contributed by atoms with van der Waals surface area (Å²) in [5, 5.41) is 0. The van der Waals surface area contributed by atoms with E-state index in [9.17, 15) is 9.59 Å². The zero-order valence-electron chi connectivity index (χ0n) is 15.4. The molecular formula is C20H35NO3. The molecular weight excluding hydrogens is 302 g/mol. The van der Waals surface area contributed by atoms with Gasteiger partial charge in [0.25, 0.3) is 0 Å². The van der Waals surface area contributed by atoms with Crippen LogP contribution in [0.3, 0.4) is 0 Å². The van der Waals surface area contributed by atoms with Crippen LogP contribution >= 0.6 is 0 Å². The van der Waals surface area contributed by atoms with Gasteiger partial charge in [-0.25, -0.2) is 0 Å². The van der Waals surface area contributed by atoms with Crippen molar-refractivity contribution < 1.29 is 14.3 Å². The highest BCUT2D eigenvalue weighted by Crippen LogP contribution is 2.13. The molecule has 1 aliphatic heterocycles. The Morgan fingerprint density at radius 1 is 0.833 bits per heavy atom. The Balaban J connectivity index is 1.81. The molecule has 1 saturated heterocycles. The summed E-state index contributed by atoms with van der Waals surface area (Å²) >= 11 is 0. The van der Waals surface area contributed by atoms with Crippen LogP contribution < -0.4 is 0 Å². The Labute approximate surface area is 147 Å². The van der Waals surface area contributed by atoms with Crippen LogP contribution in [0, 0.1) is 0 Å². The van der Waals surface area contributed by atoms with Crippen LogP contribution in [0.15, 0.2) is 12.3 Å². The SMILES string of the molecule is CCCCOCCCCCCCCCCC=CN1C(=O)CCC1=O. The van der Waals surface area contributed by atoms with Gasteiger partial charge in [0.05, 0.1) is 0 Å². The summed E-state index contributed by atoms with van der Waals surface area (Å²) in [5.41, 5.74) is 0. The highest BCUT2D eigenvalue weighted by molar-refractivity contribution is 6.02. The highest BCUT2D eigenvalue weighted by Gasteiger charge is 2.26. The lowest BCUT2D eigenvalue weighted by Crippen LogP contribution is -2.22. The molecule has 1 fully saturated rings. The Kier molecular flexibility index (Phi) is 12.4. The molecule has 4 heteroatoms. The molecule has 0 aliphatic carbocycles. The van der Waals surface area contributed by atoms with Crippen molar-refractivity contribution in [2.24, 2.45) is 0 Å². The molecule has 0 radical (unpaired) electrons. The fourth-order valence-electron chi connectivity index (χ4n) is 2.82. The van der Waals surface area contributed by atoms with Crippen molar-refractivity contribution in [3.63, 3.8) is 0 Å². The lowest BCUT2D eigenvalue weighted by molar-refractivity contribution is -0.135. The Bertz CT molecular complexity index is 363. The summed E-state index contributed by atoms with van der Waals surface area (Å²) in [7, 11) is 0. The van der Waals surface area contributed by atoms with Crippen molar-refractivity contribution in [1.29, 1.82) is 0 Å². The van der Waals surface area contributed by atoms with Gasteiger partial charge in [-0.2, -0.15) is 0 Å². The second-order valence-corrected chi connectivity index (χ2v) is 6.63. The van der Waals surface area contributed by atoms with Crippen LogP contribution in [0.2, 0.25) is 0 Å². The second-order valence-electron chi connectivity index (χ2n) is 6.63. The van der Waals surface area contributed by atoms with E-state index < -0.39 is 0 Å². The predicted octanol–water partition coefficient (Wildman–Crippen LogP) is 4.98. The van der Waals surface area contributed by atoms with E-state index in [-0.39, 0.29) is 11.8 Å². The molecule has 1 rings (SSSR count). The Morgan fingerprint density at radius 3 is 2.00 bits per heavy atom. The largest absolute Gasteiger partial charge is 0.381 e. The van der Waals surface area contributed by atoms with Crippen molar-refractivity contribution in [2.75, 3.05) is 13.2 Å². The Morgan fingerprint density at radius 2 is 1.38 bits per heavy atom. The smallest absolute Gasteiger partial charge is 0.233 e. The molecule has 1 aliphatic rings. The van der Waals surface area contributed by atoms with Crippen LogP contribution in [-0.4, -0.2) is 29.9 Å². The normalized spacial score (nSPS) is 15.1. The van der Waals surface area contributed by atoms with E-state index in [0.717, 1.165) is 26.1 Å². The van der Waals surface area contributed by atoms with Crippen LogP contribution in [0.4, 0.5) is 0 Å². The fourth-order valence-corrected chi connectivity index (χ4v) is 2.82. The monoisotopic (exact) mass is 337 g/mol. The van der Waals surface area contributed by atoms with Gasteiger partial charge >= 0.3 is 0 Å². The number of imide groups is 1. The third-order valence-electron chi connectivity index (χ3n) is 4.40. The maximum Gasteiger partial charge on any atom is 0.233 e. The van der Waals surface area contributed by atoms with E-state index in [2.05, 4.69) is 6.92 Å². The van der Waals surface area contributed by atoms with Gasteiger partial charge in [0, 0.05) is 32.3 Å². The number of hydrogen-bond donors (Lipinski definition) is 0. The number of nitrogens with zero attached hydrogens (tertiary/aromatic N) is 1. The number of likely N-dealkylation sites (tertiary alicyclic amines) is 1. The summed E-state index contributed by atoms with van der Waals surface area (Å²) in [6.45, 7) is 4.04. The molecule has 0 bridgehead atoms. The summed E-state index contributed by atoms with van der Waals surface area (Å²) in [5.74, 6) is -0.126. The van der Waals surface area contributed by atoms with Gasteiger partial charge in [0.15, 0.2) is 0 Å². The first-order valence-corrected chi connectivity index (χ1v) is 9.85. The van der Waals surface area contributed by atoms with Crippen molar-refractivity contribution >= 4 is 11.8 Å². The Hall–Kier alpha value is -1.16. The number of carbonyl (C=O) groups is 2. The van der Waals surface area contributed by atoms with Crippen molar-refractivity contribution in [3.8, 4) is 0 Å². The van der Waals surface area contributed by atoms with Gasteiger partial charge in [0.1, 0.15) is 0 Å². The van der Waals surface area contributed by atoms with Gasteiger partial charge in [0.2, 0.25) is 11.8 Å². The molecule has 138 valence electrons. The molecule has 0 unspecified atom stereocenters. The molecule has 0 aromatic heterocycles. The van der Waals surface area contributed by atoms with E-state index in [1.165, 1.54) is 62.7 Å². The average Bonchev–Trinajstić information content (AvgIpc) is 2.90. The summed E-state index contributed by atoms with van der Waals surface area (Å²) in [6.07, 6.45) is 17.8. The second kappa shape index (κ2) is 14.2. The minimum Gasteiger partial charge on any atom is -0.381 e. The summed E-state index contributed by atoms with van der Waals surface area (Å²) in [4.78, 5) is 24.1. The van der Waals surface area contributed by atoms with Gasteiger partial charge in [-0.15, -0.1) is 0 Å². The average molecular weight is 338 g/mol. The van der Waals surface area contributed by atoms with Crippen LogP contribution in [0.25, 0.3) is 0 Å². The summed E-state index contributed by atoms with van der Waals surface area (Å²) in [6, 6.07) is 0. The minimum absolute atomic E-state index is 0.0630. The predicted molar refractivity (Wildman–Crippen MR) is 97.5 cm³/mol. The van der Waals surface area contributed by atoms with E-state index >= 15 is 0 Å². The van der Waals surface area contributed by atoms with Crippen molar-refractivity contribution in [2.45, 2.75) is 90.4 Å². The molecule has 24 heavy (non-hydrogen) atoms. The summed E-state index contributed by atoms with van der Waals surface area (Å²) < 4.78 is 5.55. The van der Waals surface area contributed by atoms with E-state index in [0.29, 0.717) is 12.8 Å². The standard InChI is InChI=1S/C20H35NO3/c1-2-3-17-24-18-13-11-9-7-5-4-6-8-10-12-16-21-19(22)14-15-20(21)23/h12,16H,2-11,13-15,17-18H2,1H3. The van der Waals surface area contributed by atoms with E-state index in [1.54, 1.807) is 6.20 Å². The van der Waals surface area contributed by atoms with Crippen LogP contribution in [0.5, 0.6) is 0 Å². The van der Waals surface area contributed by atoms with Crippen LogP contribution in [-0.2, 0) is 14.3 Å². The molecule has 0 spiro atoms. The van der Waals surface area contributed by atoms with Gasteiger partial charge in [-0.05, 0) is 25.7 Å². The first-order valence-electron chi connectivity index (χ1n) is 9.85. The van der Waals surface area contributed by atoms with Crippen molar-refractivity contribution in [1.82, 2.24) is 4.90 Å². The molecule has 0 saturated carbocycles. The number of unbranched alkanes of at least 4 members (excludes halogenated alkanes) is 9. The van der Waals surface area contributed by atoms with Gasteiger partial charge in [-0.3, -0.25) is 14.5 Å². The van der Waals surface area contributed by atoms with Crippen LogP contribution in [0.1, 0.15) is 90.4 Å². The fraction of sp³-hybridized carbons (Fsp3) is 0.800. The number of allylic oxidation sites excluding steroid dienone is 1. The topological polar surface area (TPSA) is 46.6 Å². The molecule has 0 aromatic rings. The number of amides is 2. The number of rotatable bonds is 15. The van der Waals surface area contributed by atoms with E-state index in [4.69, 9.17) is 4.74 Å². The third kappa shape index (κ3) is 9.86. The highest BCUT2D eigenvalue weighted by atomic mass is 16.5. The zero-order valence-corrected chi connectivity index (χ0v) is 15.4. The molecule has 2 amide bonds. The maximum atomic E-state index is 11.4. The number of hydrogen-bond acceptors (Lipinski definition) is 3. The first-order chi connectivity index (χ1) is 11.8. The van der Waals surface area contributed by atoms with Crippen molar-refractivity contribution in [3.05, 3.63) is 12.3 Å². The molecule has 0 N–H and O–H groups in total. The molecule has 0 aromatic carbocycles. The number of carbonyl (C=O) groups excluding carboxylic acids is 2. The van der Waals surface area contributed by atoms with Gasteiger partial charge < -0.3 is 4.74 Å². The maximum absolute atomic E-state index is 11.4. The third-order valence-corrected chi connectivity index (χ3v) is 4.40. The molecule has 1 heterocycles. The zero-order chi connectivity index (χ0) is 17.5. The lowest BCUT2D eigenvalue weighted by atomic mass is 10.1. The van der Waals surface area contributed by atoms with Gasteiger partial charge in [-0.1, -0.05) is 57.9 Å². The lowest BCUT2D eigenvalue weighted by Gasteiger charge is -2.06. The minimum atomic E-state index is -0.0630. The quantitative estimate of drug-likeness (QED) is 0.313.